The van der Waals surface area contributed by atoms with Crippen LogP contribution in [0.4, 0.5) is 4.39 Å². The van der Waals surface area contributed by atoms with Gasteiger partial charge < -0.3 is 10.3 Å². The molecule has 0 bridgehead atoms. The molecule has 1 atom stereocenters. The van der Waals surface area contributed by atoms with Crippen LogP contribution in [-0.2, 0) is 4.79 Å². The lowest BCUT2D eigenvalue weighted by Gasteiger charge is -2.15. The predicted octanol–water partition coefficient (Wildman–Crippen LogP) is 4.98. The van der Waals surface area contributed by atoms with E-state index in [1.807, 2.05) is 30.5 Å². The first-order valence-corrected chi connectivity index (χ1v) is 10.2. The number of hydrogen-bond acceptors (Lipinski definition) is 3. The van der Waals surface area contributed by atoms with Gasteiger partial charge in [0.2, 0.25) is 5.91 Å². The van der Waals surface area contributed by atoms with E-state index in [1.54, 1.807) is 17.8 Å². The minimum atomic E-state index is -0.470. The van der Waals surface area contributed by atoms with Gasteiger partial charge in [0.15, 0.2) is 0 Å². The summed E-state index contributed by atoms with van der Waals surface area (Å²) in [5.41, 5.74) is 1.97. The Labute approximate surface area is 166 Å². The van der Waals surface area contributed by atoms with Gasteiger partial charge in [-0.2, -0.15) is 11.8 Å². The van der Waals surface area contributed by atoms with Gasteiger partial charge in [-0.1, -0.05) is 29.8 Å². The fourth-order valence-corrected chi connectivity index (χ4v) is 3.40. The van der Waals surface area contributed by atoms with Crippen molar-refractivity contribution >= 4 is 46.4 Å². The van der Waals surface area contributed by atoms with Gasteiger partial charge in [-0.25, -0.2) is 9.37 Å². The number of carbonyl (C=O) groups is 1. The number of halogens is 2. The van der Waals surface area contributed by atoms with Crippen molar-refractivity contribution in [2.75, 3.05) is 12.0 Å². The van der Waals surface area contributed by atoms with Crippen molar-refractivity contribution in [1.82, 2.24) is 15.3 Å². The molecule has 0 saturated carbocycles. The second-order valence-corrected chi connectivity index (χ2v) is 7.34. The van der Waals surface area contributed by atoms with Crippen LogP contribution in [0.5, 0.6) is 0 Å². The van der Waals surface area contributed by atoms with Crippen molar-refractivity contribution < 1.29 is 9.18 Å². The molecule has 0 radical (unpaired) electrons. The van der Waals surface area contributed by atoms with Crippen LogP contribution in [0.3, 0.4) is 0 Å². The Kier molecular flexibility index (Phi) is 6.53. The number of nitrogens with one attached hydrogen (secondary N) is 2. The molecule has 2 aromatic carbocycles. The second-order valence-electron chi connectivity index (χ2n) is 5.95. The van der Waals surface area contributed by atoms with E-state index >= 15 is 0 Å². The van der Waals surface area contributed by atoms with Gasteiger partial charge in [-0.05, 0) is 48.8 Å². The van der Waals surface area contributed by atoms with Gasteiger partial charge in [0.1, 0.15) is 11.6 Å². The third-order valence-corrected chi connectivity index (χ3v) is 5.04. The lowest BCUT2D eigenvalue weighted by atomic mass is 10.2. The fraction of sp³-hybridized carbons (Fsp3) is 0.200. The van der Waals surface area contributed by atoms with Crippen LogP contribution in [0.25, 0.3) is 17.1 Å². The lowest BCUT2D eigenvalue weighted by molar-refractivity contribution is -0.117. The highest BCUT2D eigenvalue weighted by Gasteiger charge is 2.17. The number of para-hydroxylation sites is 2. The molecule has 1 aromatic heterocycles. The van der Waals surface area contributed by atoms with Crippen molar-refractivity contribution in [2.24, 2.45) is 0 Å². The van der Waals surface area contributed by atoms with Crippen molar-refractivity contribution in [3.8, 4) is 0 Å². The summed E-state index contributed by atoms with van der Waals surface area (Å²) in [6, 6.07) is 11.9. The first kappa shape index (κ1) is 19.5. The van der Waals surface area contributed by atoms with E-state index in [2.05, 4.69) is 15.3 Å². The van der Waals surface area contributed by atoms with Crippen LogP contribution >= 0.6 is 23.4 Å². The van der Waals surface area contributed by atoms with Gasteiger partial charge in [0.05, 0.1) is 22.1 Å². The zero-order valence-electron chi connectivity index (χ0n) is 14.7. The number of aromatic nitrogens is 2. The molecule has 140 valence electrons. The Morgan fingerprint density at radius 2 is 2.15 bits per heavy atom. The Morgan fingerprint density at radius 1 is 1.33 bits per heavy atom. The molecule has 0 fully saturated rings. The average molecular weight is 404 g/mol. The van der Waals surface area contributed by atoms with E-state index in [0.29, 0.717) is 5.82 Å². The number of imidazole rings is 1. The summed E-state index contributed by atoms with van der Waals surface area (Å²) >= 11 is 7.68. The summed E-state index contributed by atoms with van der Waals surface area (Å²) in [7, 11) is 0. The highest BCUT2D eigenvalue weighted by atomic mass is 35.5. The summed E-state index contributed by atoms with van der Waals surface area (Å²) in [6.07, 6.45) is 5.41. The van der Waals surface area contributed by atoms with E-state index in [0.717, 1.165) is 23.2 Å². The zero-order valence-corrected chi connectivity index (χ0v) is 16.3. The van der Waals surface area contributed by atoms with E-state index in [-0.39, 0.29) is 22.5 Å². The SMILES string of the molecule is CSCCC(NC(=O)/C=C/c1c(F)cccc1Cl)c1nc2ccccc2[nH]1. The molecular formula is C20H19ClFN3OS. The fourth-order valence-electron chi connectivity index (χ4n) is 2.70. The minimum Gasteiger partial charge on any atom is -0.343 e. The van der Waals surface area contributed by atoms with Gasteiger partial charge >= 0.3 is 0 Å². The summed E-state index contributed by atoms with van der Waals surface area (Å²) in [5, 5.41) is 3.20. The molecule has 1 amide bonds. The Bertz CT molecular complexity index is 920. The van der Waals surface area contributed by atoms with E-state index in [1.165, 1.54) is 24.3 Å². The van der Waals surface area contributed by atoms with Gasteiger partial charge in [0, 0.05) is 11.6 Å². The van der Waals surface area contributed by atoms with Crippen molar-refractivity contribution in [3.05, 3.63) is 70.8 Å². The van der Waals surface area contributed by atoms with Crippen LogP contribution < -0.4 is 5.32 Å². The zero-order chi connectivity index (χ0) is 19.2. The quantitative estimate of drug-likeness (QED) is 0.547. The maximum absolute atomic E-state index is 13.8. The standard InChI is InChI=1S/C20H19ClFN3OS/c1-27-12-11-18(20-24-16-7-2-3-8-17(16)25-20)23-19(26)10-9-13-14(21)5-4-6-15(13)22/h2-10,18H,11-12H2,1H3,(H,23,26)(H,24,25)/b10-9+. The lowest BCUT2D eigenvalue weighted by Crippen LogP contribution is -2.28. The van der Waals surface area contributed by atoms with Gasteiger partial charge in [0.25, 0.3) is 0 Å². The summed E-state index contributed by atoms with van der Waals surface area (Å²) in [4.78, 5) is 20.2. The smallest absolute Gasteiger partial charge is 0.244 e. The van der Waals surface area contributed by atoms with E-state index in [9.17, 15) is 9.18 Å². The number of aromatic amines is 1. The molecule has 3 rings (SSSR count). The molecule has 2 N–H and O–H groups in total. The molecule has 0 spiro atoms. The van der Waals surface area contributed by atoms with Crippen molar-refractivity contribution in [3.63, 3.8) is 0 Å². The average Bonchev–Trinajstić information content (AvgIpc) is 3.08. The first-order valence-electron chi connectivity index (χ1n) is 8.44. The predicted molar refractivity (Wildman–Crippen MR) is 110 cm³/mol. The third kappa shape index (κ3) is 4.90. The number of H-pyrrole nitrogens is 1. The van der Waals surface area contributed by atoms with Gasteiger partial charge in [-0.15, -0.1) is 0 Å². The normalized spacial score (nSPS) is 12.6. The highest BCUT2D eigenvalue weighted by molar-refractivity contribution is 7.98. The van der Waals surface area contributed by atoms with E-state index in [4.69, 9.17) is 11.6 Å². The largest absolute Gasteiger partial charge is 0.343 e. The van der Waals surface area contributed by atoms with Crippen LogP contribution in [-0.4, -0.2) is 27.9 Å². The number of amides is 1. The molecule has 1 heterocycles. The molecule has 4 nitrogen and oxygen atoms in total. The number of rotatable bonds is 7. The molecule has 0 aliphatic carbocycles. The van der Waals surface area contributed by atoms with Crippen molar-refractivity contribution in [2.45, 2.75) is 12.5 Å². The van der Waals surface area contributed by atoms with Crippen LogP contribution in [0.2, 0.25) is 5.02 Å². The molecule has 1 unspecified atom stereocenters. The maximum atomic E-state index is 13.8. The monoisotopic (exact) mass is 403 g/mol. The third-order valence-electron chi connectivity index (χ3n) is 4.07. The number of thioether (sulfide) groups is 1. The van der Waals surface area contributed by atoms with Gasteiger partial charge in [-0.3, -0.25) is 4.79 Å². The first-order chi connectivity index (χ1) is 13.1. The molecule has 0 saturated heterocycles. The Hall–Kier alpha value is -2.31. The Balaban J connectivity index is 1.77. The summed E-state index contributed by atoms with van der Waals surface area (Å²) < 4.78 is 13.8. The Morgan fingerprint density at radius 3 is 2.89 bits per heavy atom. The number of carbonyl (C=O) groups excluding carboxylic acids is 1. The topological polar surface area (TPSA) is 57.8 Å². The number of hydrogen-bond donors (Lipinski definition) is 2. The number of fused-ring (bicyclic) bond motifs is 1. The van der Waals surface area contributed by atoms with Crippen molar-refractivity contribution in [1.29, 1.82) is 0 Å². The summed E-state index contributed by atoms with van der Waals surface area (Å²) in [6.45, 7) is 0. The van der Waals surface area contributed by atoms with Crippen LogP contribution in [0.15, 0.2) is 48.5 Å². The molecule has 0 aliphatic heterocycles. The minimum absolute atomic E-state index is 0.193. The number of benzene rings is 2. The van der Waals surface area contributed by atoms with Crippen LogP contribution in [0, 0.1) is 5.82 Å². The maximum Gasteiger partial charge on any atom is 0.244 e. The highest BCUT2D eigenvalue weighted by Crippen LogP contribution is 2.22. The summed E-state index contributed by atoms with van der Waals surface area (Å²) in [5.74, 6) is 0.768. The molecule has 27 heavy (non-hydrogen) atoms. The van der Waals surface area contributed by atoms with E-state index < -0.39 is 5.82 Å². The number of nitrogens with zero attached hydrogens (tertiary/aromatic N) is 1. The molecule has 7 heteroatoms. The molecular weight excluding hydrogens is 385 g/mol. The molecule has 0 aliphatic rings. The van der Waals surface area contributed by atoms with Crippen LogP contribution in [0.1, 0.15) is 23.9 Å². The second kappa shape index (κ2) is 9.06. The molecule has 3 aromatic rings.